The van der Waals surface area contributed by atoms with E-state index < -0.39 is 0 Å². The number of carbonyl (C=O) groups excluding carboxylic acids is 1. The number of nitrogens with zero attached hydrogens (tertiary/aromatic N) is 3. The topological polar surface area (TPSA) is 38.1 Å². The van der Waals surface area contributed by atoms with Gasteiger partial charge in [0.2, 0.25) is 0 Å². The zero-order chi connectivity index (χ0) is 15.4. The summed E-state index contributed by atoms with van der Waals surface area (Å²) in [6, 6.07) is 17.3. The number of para-hydroxylation sites is 1. The van der Waals surface area contributed by atoms with Gasteiger partial charge >= 0.3 is 0 Å². The molecule has 0 aliphatic carbocycles. The Morgan fingerprint density at radius 3 is 2.45 bits per heavy atom. The van der Waals surface area contributed by atoms with E-state index in [-0.39, 0.29) is 5.91 Å². The van der Waals surface area contributed by atoms with Crippen molar-refractivity contribution in [3.63, 3.8) is 0 Å². The highest BCUT2D eigenvalue weighted by Crippen LogP contribution is 2.15. The van der Waals surface area contributed by atoms with Crippen LogP contribution in [-0.2, 0) is 6.54 Å². The Bertz CT molecular complexity index is 734. The predicted molar refractivity (Wildman–Crippen MR) is 86.9 cm³/mol. The number of hydrogen-bond acceptors (Lipinski definition) is 2. The maximum absolute atomic E-state index is 12.5. The first-order valence-electron chi connectivity index (χ1n) is 7.12. The molecule has 4 heteroatoms. The van der Waals surface area contributed by atoms with E-state index in [1.165, 1.54) is 0 Å². The monoisotopic (exact) mass is 291 g/mol. The second-order valence-electron chi connectivity index (χ2n) is 5.13. The molecule has 1 aromatic heterocycles. The second-order valence-corrected chi connectivity index (χ2v) is 5.13. The molecule has 0 radical (unpaired) electrons. The van der Waals surface area contributed by atoms with E-state index in [1.807, 2.05) is 65.4 Å². The van der Waals surface area contributed by atoms with Gasteiger partial charge in [0.05, 0.1) is 6.33 Å². The number of imidazole rings is 1. The molecule has 1 heterocycles. The third-order valence-electron chi connectivity index (χ3n) is 3.57. The standard InChI is InChI=1S/C18H17N3O/c1-20(17-5-3-2-4-6-17)18(22)16-9-7-15(8-10-16)13-21-12-11-19-14-21/h2-12,14H,13H2,1H3. The quantitative estimate of drug-likeness (QED) is 0.740. The molecular weight excluding hydrogens is 274 g/mol. The zero-order valence-electron chi connectivity index (χ0n) is 12.4. The van der Waals surface area contributed by atoms with Crippen molar-refractivity contribution in [1.29, 1.82) is 0 Å². The minimum atomic E-state index is -0.0135. The fraction of sp³-hybridized carbons (Fsp3) is 0.111. The van der Waals surface area contributed by atoms with Gasteiger partial charge in [0.15, 0.2) is 0 Å². The molecule has 0 bridgehead atoms. The lowest BCUT2D eigenvalue weighted by Gasteiger charge is -2.17. The summed E-state index contributed by atoms with van der Waals surface area (Å²) in [5.74, 6) is -0.0135. The van der Waals surface area contributed by atoms with Crippen LogP contribution in [0.4, 0.5) is 5.69 Å². The van der Waals surface area contributed by atoms with Crippen molar-refractivity contribution in [2.24, 2.45) is 0 Å². The fourth-order valence-electron chi connectivity index (χ4n) is 2.31. The minimum absolute atomic E-state index is 0.0135. The Labute approximate surface area is 129 Å². The van der Waals surface area contributed by atoms with Crippen LogP contribution in [0.2, 0.25) is 0 Å². The third kappa shape index (κ3) is 3.06. The lowest BCUT2D eigenvalue weighted by atomic mass is 10.1. The van der Waals surface area contributed by atoms with Crippen LogP contribution in [0.25, 0.3) is 0 Å². The number of hydrogen-bond donors (Lipinski definition) is 0. The van der Waals surface area contributed by atoms with Crippen LogP contribution in [0.5, 0.6) is 0 Å². The Balaban J connectivity index is 1.73. The molecule has 0 aliphatic heterocycles. The summed E-state index contributed by atoms with van der Waals surface area (Å²) < 4.78 is 1.99. The lowest BCUT2D eigenvalue weighted by molar-refractivity contribution is 0.0993. The first-order chi connectivity index (χ1) is 10.7. The Kier molecular flexibility index (Phi) is 4.01. The van der Waals surface area contributed by atoms with Crippen LogP contribution < -0.4 is 4.90 Å². The highest BCUT2D eigenvalue weighted by atomic mass is 16.2. The number of carbonyl (C=O) groups is 1. The maximum Gasteiger partial charge on any atom is 0.258 e. The van der Waals surface area contributed by atoms with Gasteiger partial charge in [0.25, 0.3) is 5.91 Å². The molecule has 0 spiro atoms. The number of amides is 1. The van der Waals surface area contributed by atoms with Crippen LogP contribution in [0, 0.1) is 0 Å². The number of benzene rings is 2. The fourth-order valence-corrected chi connectivity index (χ4v) is 2.31. The third-order valence-corrected chi connectivity index (χ3v) is 3.57. The average Bonchev–Trinajstić information content (AvgIpc) is 3.08. The SMILES string of the molecule is CN(C(=O)c1ccc(Cn2ccnc2)cc1)c1ccccc1. The Hall–Kier alpha value is -2.88. The first kappa shape index (κ1) is 14.1. The summed E-state index contributed by atoms with van der Waals surface area (Å²) in [7, 11) is 1.79. The van der Waals surface area contributed by atoms with Gasteiger partial charge < -0.3 is 9.47 Å². The van der Waals surface area contributed by atoms with Crippen molar-refractivity contribution in [1.82, 2.24) is 9.55 Å². The summed E-state index contributed by atoms with van der Waals surface area (Å²) in [5, 5.41) is 0. The van der Waals surface area contributed by atoms with Gasteiger partial charge in [0.1, 0.15) is 0 Å². The molecule has 0 fully saturated rings. The molecule has 0 saturated heterocycles. The predicted octanol–water partition coefficient (Wildman–Crippen LogP) is 3.21. The number of anilines is 1. The van der Waals surface area contributed by atoms with Crippen LogP contribution in [0.15, 0.2) is 73.3 Å². The zero-order valence-corrected chi connectivity index (χ0v) is 12.4. The molecule has 3 rings (SSSR count). The van der Waals surface area contributed by atoms with Crippen LogP contribution in [-0.4, -0.2) is 22.5 Å². The van der Waals surface area contributed by atoms with E-state index in [9.17, 15) is 4.79 Å². The van der Waals surface area contributed by atoms with Crippen LogP contribution in [0.1, 0.15) is 15.9 Å². The largest absolute Gasteiger partial charge is 0.333 e. The molecule has 22 heavy (non-hydrogen) atoms. The van der Waals surface area contributed by atoms with Crippen molar-refractivity contribution >= 4 is 11.6 Å². The van der Waals surface area contributed by atoms with Crippen molar-refractivity contribution in [3.8, 4) is 0 Å². The van der Waals surface area contributed by atoms with Crippen LogP contribution in [0.3, 0.4) is 0 Å². The highest BCUT2D eigenvalue weighted by Gasteiger charge is 2.12. The van der Waals surface area contributed by atoms with E-state index >= 15 is 0 Å². The second kappa shape index (κ2) is 6.26. The van der Waals surface area contributed by atoms with E-state index in [0.29, 0.717) is 5.56 Å². The first-order valence-corrected chi connectivity index (χ1v) is 7.12. The Morgan fingerprint density at radius 1 is 1.09 bits per heavy atom. The van der Waals surface area contributed by atoms with Gasteiger partial charge in [-0.3, -0.25) is 4.79 Å². The van der Waals surface area contributed by atoms with Gasteiger partial charge in [-0.15, -0.1) is 0 Å². The molecular formula is C18H17N3O. The van der Waals surface area contributed by atoms with E-state index in [2.05, 4.69) is 4.98 Å². The van der Waals surface area contributed by atoms with Crippen molar-refractivity contribution < 1.29 is 4.79 Å². The number of aromatic nitrogens is 2. The maximum atomic E-state index is 12.5. The lowest BCUT2D eigenvalue weighted by Crippen LogP contribution is -2.26. The van der Waals surface area contributed by atoms with Gasteiger partial charge in [0, 0.05) is 37.2 Å². The molecule has 110 valence electrons. The van der Waals surface area contributed by atoms with E-state index in [1.54, 1.807) is 24.5 Å². The van der Waals surface area contributed by atoms with Crippen LogP contribution >= 0.6 is 0 Å². The minimum Gasteiger partial charge on any atom is -0.333 e. The molecule has 2 aromatic carbocycles. The summed E-state index contributed by atoms with van der Waals surface area (Å²) >= 11 is 0. The van der Waals surface area contributed by atoms with E-state index in [4.69, 9.17) is 0 Å². The molecule has 0 atom stereocenters. The Morgan fingerprint density at radius 2 is 1.82 bits per heavy atom. The number of rotatable bonds is 4. The molecule has 3 aromatic rings. The summed E-state index contributed by atoms with van der Waals surface area (Å²) in [6.45, 7) is 0.753. The molecule has 1 amide bonds. The summed E-state index contributed by atoms with van der Waals surface area (Å²) in [5.41, 5.74) is 2.70. The molecule has 4 nitrogen and oxygen atoms in total. The van der Waals surface area contributed by atoms with Crippen molar-refractivity contribution in [2.45, 2.75) is 6.54 Å². The highest BCUT2D eigenvalue weighted by molar-refractivity contribution is 6.05. The van der Waals surface area contributed by atoms with Crippen molar-refractivity contribution in [2.75, 3.05) is 11.9 Å². The van der Waals surface area contributed by atoms with Crippen molar-refractivity contribution in [3.05, 3.63) is 84.4 Å². The average molecular weight is 291 g/mol. The van der Waals surface area contributed by atoms with Gasteiger partial charge in [-0.05, 0) is 29.8 Å². The molecule has 0 aliphatic rings. The normalized spacial score (nSPS) is 10.4. The van der Waals surface area contributed by atoms with Gasteiger partial charge in [-0.2, -0.15) is 0 Å². The van der Waals surface area contributed by atoms with Gasteiger partial charge in [-0.25, -0.2) is 4.98 Å². The van der Waals surface area contributed by atoms with E-state index in [0.717, 1.165) is 17.8 Å². The molecule has 0 N–H and O–H groups in total. The summed E-state index contributed by atoms with van der Waals surface area (Å²) in [4.78, 5) is 18.2. The molecule has 0 unspecified atom stereocenters. The summed E-state index contributed by atoms with van der Waals surface area (Å²) in [6.07, 6.45) is 5.46. The molecule has 0 saturated carbocycles. The smallest absolute Gasteiger partial charge is 0.258 e. The van der Waals surface area contributed by atoms with Gasteiger partial charge in [-0.1, -0.05) is 30.3 Å².